The van der Waals surface area contributed by atoms with Crippen LogP contribution in [0.15, 0.2) is 259 Å². The van der Waals surface area contributed by atoms with Crippen LogP contribution in [0.4, 0.5) is 0 Å². The molecule has 0 saturated heterocycles. The van der Waals surface area contributed by atoms with Crippen molar-refractivity contribution >= 4 is 121 Å². The molecule has 4 aromatic heterocycles. The van der Waals surface area contributed by atoms with Crippen LogP contribution in [-0.4, -0.2) is 17.2 Å². The first-order valence-corrected chi connectivity index (χ1v) is 27.8. The normalized spacial score (nSPS) is 12.2. The molecule has 3 nitrogen and oxygen atoms in total. The summed E-state index contributed by atoms with van der Waals surface area (Å²) >= 11 is 1.87. The molecule has 0 radical (unpaired) electrons. The van der Waals surface area contributed by atoms with Crippen LogP contribution in [0.5, 0.6) is 0 Å². The van der Waals surface area contributed by atoms with Crippen LogP contribution in [0.2, 0.25) is 0 Å². The van der Waals surface area contributed by atoms with Gasteiger partial charge in [-0.2, -0.15) is 0 Å². The lowest BCUT2D eigenvalue weighted by Gasteiger charge is -2.34. The third-order valence-electron chi connectivity index (χ3n) is 15.4. The number of fused-ring (bicyclic) bond motifs is 12. The van der Waals surface area contributed by atoms with Crippen LogP contribution in [0.1, 0.15) is 5.56 Å². The smallest absolute Gasteiger partial charge is 0.152 e. The Balaban J connectivity index is 0.928. The van der Waals surface area contributed by atoms with Crippen molar-refractivity contribution in [2.75, 3.05) is 0 Å². The van der Waals surface area contributed by atoms with Gasteiger partial charge in [-0.15, -0.1) is 11.3 Å². The number of nitrogens with zero attached hydrogens (tertiary/aromatic N) is 2. The molecule has 72 heavy (non-hydrogen) atoms. The van der Waals surface area contributed by atoms with Crippen LogP contribution < -0.4 is 15.6 Å². The molecule has 0 fully saturated rings. The summed E-state index contributed by atoms with van der Waals surface area (Å²) in [6, 6.07) is 95.6. The van der Waals surface area contributed by atoms with E-state index < -0.39 is 8.07 Å². The molecule has 5 heteroatoms. The predicted octanol–water partition coefficient (Wildman–Crippen LogP) is 16.1. The number of hydrogen-bond donors (Lipinski definition) is 0. The van der Waals surface area contributed by atoms with E-state index in [1.165, 1.54) is 96.0 Å². The number of furan rings is 1. The second kappa shape index (κ2) is 16.2. The van der Waals surface area contributed by atoms with Crippen molar-refractivity contribution in [3.8, 4) is 22.5 Å². The maximum absolute atomic E-state index is 6.43. The molecule has 15 aromatic rings. The molecular formula is C67H44N2OSSi. The summed E-state index contributed by atoms with van der Waals surface area (Å²) in [5.41, 5.74) is 12.8. The van der Waals surface area contributed by atoms with Crippen molar-refractivity contribution in [3.05, 3.63) is 260 Å². The van der Waals surface area contributed by atoms with Crippen LogP contribution >= 0.6 is 11.3 Å². The van der Waals surface area contributed by atoms with Crippen molar-refractivity contribution in [3.63, 3.8) is 0 Å². The molecule has 0 atom stereocenters. The second-order valence-corrected chi connectivity index (χ2v) is 24.1. The number of benzene rings is 11. The molecule has 11 aromatic carbocycles. The fraction of sp³-hybridized carbons (Fsp3) is 0.0149. The molecule has 4 heterocycles. The summed E-state index contributed by atoms with van der Waals surface area (Å²) in [6.07, 6.45) is 0. The van der Waals surface area contributed by atoms with Gasteiger partial charge in [0.25, 0.3) is 0 Å². The van der Waals surface area contributed by atoms with Crippen LogP contribution in [0.3, 0.4) is 0 Å². The quantitative estimate of drug-likeness (QED) is 0.110. The van der Waals surface area contributed by atoms with E-state index in [1.54, 1.807) is 0 Å². The third-order valence-corrected chi connectivity index (χ3v) is 21.4. The zero-order valence-electron chi connectivity index (χ0n) is 39.2. The first-order valence-electron chi connectivity index (χ1n) is 24.8. The molecule has 15 rings (SSSR count). The second-order valence-electron chi connectivity index (χ2n) is 19.2. The van der Waals surface area contributed by atoms with Gasteiger partial charge in [0, 0.05) is 63.9 Å². The van der Waals surface area contributed by atoms with E-state index in [1.807, 2.05) is 11.3 Å². The zero-order valence-corrected chi connectivity index (χ0v) is 41.0. The lowest BCUT2D eigenvalue weighted by molar-refractivity contribution is 0.669. The first-order chi connectivity index (χ1) is 35.7. The van der Waals surface area contributed by atoms with E-state index in [2.05, 4.69) is 264 Å². The summed E-state index contributed by atoms with van der Waals surface area (Å²) in [4.78, 5) is 0. The first kappa shape index (κ1) is 41.1. The van der Waals surface area contributed by atoms with E-state index in [4.69, 9.17) is 4.42 Å². The van der Waals surface area contributed by atoms with Gasteiger partial charge in [0.1, 0.15) is 11.2 Å². The molecule has 0 saturated carbocycles. The van der Waals surface area contributed by atoms with Crippen molar-refractivity contribution in [1.82, 2.24) is 9.13 Å². The highest BCUT2D eigenvalue weighted by molar-refractivity contribution is 7.26. The Bertz CT molecular complexity index is 4560. The molecule has 0 amide bonds. The summed E-state index contributed by atoms with van der Waals surface area (Å²) < 4.78 is 14.0. The highest BCUT2D eigenvalue weighted by atomic mass is 32.1. The van der Waals surface area contributed by atoms with Gasteiger partial charge in [-0.3, -0.25) is 0 Å². The Morgan fingerprint density at radius 2 is 0.931 bits per heavy atom. The number of aromatic nitrogens is 2. The molecule has 338 valence electrons. The predicted molar refractivity (Wildman–Crippen MR) is 308 cm³/mol. The summed E-state index contributed by atoms with van der Waals surface area (Å²) in [5.74, 6) is 0. The maximum atomic E-state index is 6.43. The minimum absolute atomic E-state index is 0.872. The SMILES string of the molecule is c1ccc(-c2cccc3sc4ccc(-n5c6ccccc6c6cc(-n7c8ccccc8c8c(C[Si](c9ccccc9)(c9ccccc9)c9ccc%10oc%11ccccc%11c%10c9)cccc87)ccc65)cc4c23)cc1. The highest BCUT2D eigenvalue weighted by Gasteiger charge is 2.40. The van der Waals surface area contributed by atoms with Gasteiger partial charge in [-0.25, -0.2) is 0 Å². The van der Waals surface area contributed by atoms with E-state index in [9.17, 15) is 0 Å². The average Bonchev–Trinajstić information content (AvgIpc) is 4.20. The maximum Gasteiger partial charge on any atom is 0.152 e. The van der Waals surface area contributed by atoms with Crippen LogP contribution in [0, 0.1) is 0 Å². The van der Waals surface area contributed by atoms with Crippen molar-refractivity contribution in [2.45, 2.75) is 6.04 Å². The number of hydrogen-bond acceptors (Lipinski definition) is 2. The number of rotatable bonds is 8. The summed E-state index contributed by atoms with van der Waals surface area (Å²) in [5, 5.41) is 14.1. The van der Waals surface area contributed by atoms with Gasteiger partial charge in [-0.1, -0.05) is 182 Å². The largest absolute Gasteiger partial charge is 0.456 e. The van der Waals surface area contributed by atoms with E-state index in [-0.39, 0.29) is 0 Å². The third kappa shape index (κ3) is 6.14. The Kier molecular flexibility index (Phi) is 9.22. The lowest BCUT2D eigenvalue weighted by atomic mass is 9.99. The Morgan fingerprint density at radius 3 is 1.71 bits per heavy atom. The summed E-state index contributed by atoms with van der Waals surface area (Å²) in [7, 11) is -2.82. The van der Waals surface area contributed by atoms with Gasteiger partial charge >= 0.3 is 0 Å². The van der Waals surface area contributed by atoms with Crippen LogP contribution in [-0.2, 0) is 6.04 Å². The highest BCUT2D eigenvalue weighted by Crippen LogP contribution is 2.43. The fourth-order valence-electron chi connectivity index (χ4n) is 12.2. The zero-order chi connectivity index (χ0) is 47.3. The number of thiophene rings is 1. The molecule has 0 aliphatic carbocycles. The Hall–Kier alpha value is -8.74. The Labute approximate surface area is 420 Å². The van der Waals surface area contributed by atoms with Gasteiger partial charge < -0.3 is 13.6 Å². The fourth-order valence-corrected chi connectivity index (χ4v) is 18.1. The van der Waals surface area contributed by atoms with Gasteiger partial charge in [0.2, 0.25) is 0 Å². The average molecular weight is 953 g/mol. The van der Waals surface area contributed by atoms with Gasteiger partial charge in [-0.05, 0) is 111 Å². The summed E-state index contributed by atoms with van der Waals surface area (Å²) in [6.45, 7) is 0. The van der Waals surface area contributed by atoms with E-state index in [0.717, 1.165) is 39.4 Å². The number of para-hydroxylation sites is 3. The van der Waals surface area contributed by atoms with Crippen molar-refractivity contribution in [1.29, 1.82) is 0 Å². The molecule has 0 unspecified atom stereocenters. The Morgan fingerprint density at radius 1 is 0.347 bits per heavy atom. The minimum atomic E-state index is -2.82. The van der Waals surface area contributed by atoms with Crippen molar-refractivity contribution < 1.29 is 4.42 Å². The lowest BCUT2D eigenvalue weighted by Crippen LogP contribution is -2.68. The standard InChI is InChI=1S/C67H44N2OSSi/c1-4-18-44(19-5-1)51-28-17-33-65-67(51)57-41-47(35-39-64(57)71-65)68-58-29-13-10-25-52(58)55-40-46(34-37-60(55)68)69-59-30-14-11-27-54(59)66-45(20-16-31-61(66)69)43-72(48-21-6-2-7-22-48,49-23-8-3-9-24-49)50-36-38-63-56(42-50)53-26-12-15-32-62(53)70-63/h1-42H,43H2. The monoisotopic (exact) mass is 952 g/mol. The van der Waals surface area contributed by atoms with Gasteiger partial charge in [0.05, 0.1) is 22.1 Å². The molecule has 0 spiro atoms. The topological polar surface area (TPSA) is 23.0 Å². The van der Waals surface area contributed by atoms with Gasteiger partial charge in [0.15, 0.2) is 8.07 Å². The van der Waals surface area contributed by atoms with E-state index in [0.29, 0.717) is 0 Å². The van der Waals surface area contributed by atoms with Crippen LogP contribution in [0.25, 0.3) is 108 Å². The molecule has 0 N–H and O–H groups in total. The minimum Gasteiger partial charge on any atom is -0.456 e. The molecule has 0 aliphatic rings. The molecule has 0 aliphatic heterocycles. The molecule has 0 bridgehead atoms. The molecular weight excluding hydrogens is 909 g/mol. The van der Waals surface area contributed by atoms with E-state index >= 15 is 0 Å². The van der Waals surface area contributed by atoms with Crippen molar-refractivity contribution in [2.24, 2.45) is 0 Å².